The molecule has 0 bridgehead atoms. The fourth-order valence-electron chi connectivity index (χ4n) is 2.70. The molecule has 4 nitrogen and oxygen atoms in total. The number of pyridine rings is 1. The minimum absolute atomic E-state index is 0.164. The number of benzene rings is 2. The fraction of sp³-hybridized carbons (Fsp3) is 0.143. The summed E-state index contributed by atoms with van der Waals surface area (Å²) in [5.74, 6) is 0.380. The minimum atomic E-state index is -0.164. The second-order valence-electron chi connectivity index (χ2n) is 6.17. The van der Waals surface area contributed by atoms with Crippen LogP contribution in [0.5, 0.6) is 0 Å². The van der Waals surface area contributed by atoms with Crippen LogP contribution < -0.4 is 5.32 Å². The topological polar surface area (TPSA) is 45.2 Å². The maximum absolute atomic E-state index is 12.2. The first-order valence-electron chi connectivity index (χ1n) is 8.34. The van der Waals surface area contributed by atoms with Crippen LogP contribution in [-0.2, 0) is 13.1 Å². The molecule has 1 N–H and O–H groups in total. The van der Waals surface area contributed by atoms with Gasteiger partial charge in [-0.2, -0.15) is 0 Å². The average molecular weight is 366 g/mol. The second-order valence-corrected chi connectivity index (χ2v) is 6.60. The van der Waals surface area contributed by atoms with Gasteiger partial charge in [-0.25, -0.2) is 4.98 Å². The molecule has 132 valence electrons. The molecule has 26 heavy (non-hydrogen) atoms. The van der Waals surface area contributed by atoms with E-state index < -0.39 is 0 Å². The van der Waals surface area contributed by atoms with Crippen LogP contribution >= 0.6 is 11.6 Å². The molecule has 3 rings (SSSR count). The summed E-state index contributed by atoms with van der Waals surface area (Å²) in [7, 11) is 2.06. The lowest BCUT2D eigenvalue weighted by Gasteiger charge is -2.17. The summed E-state index contributed by atoms with van der Waals surface area (Å²) < 4.78 is 0. The van der Waals surface area contributed by atoms with Crippen LogP contribution in [0.2, 0.25) is 5.02 Å². The molecule has 0 atom stereocenters. The largest absolute Gasteiger partial charge is 0.307 e. The van der Waals surface area contributed by atoms with Crippen molar-refractivity contribution in [2.75, 3.05) is 12.4 Å². The Balaban J connectivity index is 1.57. The van der Waals surface area contributed by atoms with Crippen molar-refractivity contribution >= 4 is 23.3 Å². The number of anilines is 1. The third-order valence-corrected chi connectivity index (χ3v) is 4.15. The van der Waals surface area contributed by atoms with Crippen molar-refractivity contribution in [2.45, 2.75) is 13.1 Å². The van der Waals surface area contributed by atoms with Gasteiger partial charge in [0.1, 0.15) is 5.82 Å². The van der Waals surface area contributed by atoms with E-state index in [2.05, 4.69) is 28.3 Å². The van der Waals surface area contributed by atoms with Gasteiger partial charge >= 0.3 is 0 Å². The summed E-state index contributed by atoms with van der Waals surface area (Å²) in [6, 6.07) is 20.9. The number of nitrogens with zero attached hydrogens (tertiary/aromatic N) is 2. The molecule has 0 radical (unpaired) electrons. The molecule has 3 aromatic rings. The molecule has 0 saturated carbocycles. The molecule has 1 aromatic heterocycles. The smallest absolute Gasteiger partial charge is 0.256 e. The molecule has 0 saturated heterocycles. The molecule has 1 heterocycles. The summed E-state index contributed by atoms with van der Waals surface area (Å²) in [6.45, 7) is 1.59. The first-order chi connectivity index (χ1) is 12.6. The Morgan fingerprint density at radius 3 is 2.46 bits per heavy atom. The van der Waals surface area contributed by atoms with E-state index in [4.69, 9.17) is 11.6 Å². The van der Waals surface area contributed by atoms with Crippen molar-refractivity contribution in [2.24, 2.45) is 0 Å². The van der Waals surface area contributed by atoms with Gasteiger partial charge in [-0.05, 0) is 54.6 Å². The third kappa shape index (κ3) is 5.15. The summed E-state index contributed by atoms with van der Waals surface area (Å²) in [4.78, 5) is 18.5. The summed E-state index contributed by atoms with van der Waals surface area (Å²) in [6.07, 6.45) is 1.65. The highest BCUT2D eigenvalue weighted by atomic mass is 35.5. The predicted molar refractivity (Wildman–Crippen MR) is 105 cm³/mol. The van der Waals surface area contributed by atoms with Gasteiger partial charge in [0.25, 0.3) is 5.91 Å². The average Bonchev–Trinajstić information content (AvgIpc) is 2.63. The Labute approximate surface area is 158 Å². The zero-order chi connectivity index (χ0) is 18.4. The van der Waals surface area contributed by atoms with Gasteiger partial charge in [-0.3, -0.25) is 9.69 Å². The van der Waals surface area contributed by atoms with Gasteiger partial charge in [-0.1, -0.05) is 41.9 Å². The number of nitrogens with one attached hydrogen (secondary N) is 1. The summed E-state index contributed by atoms with van der Waals surface area (Å²) in [5.41, 5.74) is 2.92. The lowest BCUT2D eigenvalue weighted by Crippen LogP contribution is -2.17. The van der Waals surface area contributed by atoms with E-state index in [1.165, 1.54) is 5.56 Å². The van der Waals surface area contributed by atoms with Crippen LogP contribution in [0.15, 0.2) is 72.9 Å². The number of rotatable bonds is 6. The Kier molecular flexibility index (Phi) is 6.00. The van der Waals surface area contributed by atoms with E-state index in [1.807, 2.05) is 54.6 Å². The van der Waals surface area contributed by atoms with Crippen LogP contribution in [0.4, 0.5) is 5.82 Å². The van der Waals surface area contributed by atoms with Crippen molar-refractivity contribution in [3.63, 3.8) is 0 Å². The number of carbonyl (C=O) groups is 1. The van der Waals surface area contributed by atoms with Crippen molar-refractivity contribution in [1.29, 1.82) is 0 Å². The molecule has 1 amide bonds. The van der Waals surface area contributed by atoms with Gasteiger partial charge < -0.3 is 5.32 Å². The highest BCUT2D eigenvalue weighted by molar-refractivity contribution is 6.30. The predicted octanol–water partition coefficient (Wildman–Crippen LogP) is 4.62. The van der Waals surface area contributed by atoms with Crippen LogP contribution in [0.25, 0.3) is 0 Å². The number of halogens is 1. The van der Waals surface area contributed by atoms with Gasteiger partial charge in [0.05, 0.1) is 0 Å². The molecule has 0 aliphatic heterocycles. The van der Waals surface area contributed by atoms with E-state index in [9.17, 15) is 4.79 Å². The molecule has 2 aromatic carbocycles. The van der Waals surface area contributed by atoms with Crippen molar-refractivity contribution in [1.82, 2.24) is 9.88 Å². The van der Waals surface area contributed by atoms with E-state index in [-0.39, 0.29) is 5.91 Å². The molecular weight excluding hydrogens is 346 g/mol. The van der Waals surface area contributed by atoms with E-state index in [1.54, 1.807) is 12.3 Å². The highest BCUT2D eigenvalue weighted by Crippen LogP contribution is 2.14. The minimum Gasteiger partial charge on any atom is -0.307 e. The van der Waals surface area contributed by atoms with E-state index in [0.717, 1.165) is 23.7 Å². The molecule has 0 unspecified atom stereocenters. The van der Waals surface area contributed by atoms with Crippen LogP contribution in [0, 0.1) is 0 Å². The number of hydrogen-bond acceptors (Lipinski definition) is 3. The Morgan fingerprint density at radius 1 is 1.00 bits per heavy atom. The molecular formula is C21H20ClN3O. The maximum atomic E-state index is 12.2. The Hall–Kier alpha value is -2.69. The number of aromatic nitrogens is 1. The zero-order valence-corrected chi connectivity index (χ0v) is 15.3. The fourth-order valence-corrected chi connectivity index (χ4v) is 2.91. The molecule has 0 fully saturated rings. The van der Waals surface area contributed by atoms with Gasteiger partial charge in [0.2, 0.25) is 0 Å². The van der Waals surface area contributed by atoms with Crippen molar-refractivity contribution < 1.29 is 4.79 Å². The highest BCUT2D eigenvalue weighted by Gasteiger charge is 2.08. The van der Waals surface area contributed by atoms with E-state index >= 15 is 0 Å². The van der Waals surface area contributed by atoms with Gasteiger partial charge in [0, 0.05) is 29.9 Å². The lowest BCUT2D eigenvalue weighted by molar-refractivity contribution is 0.102. The number of amides is 1. The standard InChI is InChI=1S/C21H20ClN3O/c1-25(15-17-5-4-6-19(22)13-17)14-16-8-10-18(11-9-16)21(26)24-20-7-2-3-12-23-20/h2-13H,14-15H2,1H3,(H,23,24,26). The Bertz CT molecular complexity index is 866. The quantitative estimate of drug-likeness (QED) is 0.693. The molecule has 0 aliphatic carbocycles. The summed E-state index contributed by atoms with van der Waals surface area (Å²) in [5, 5.41) is 3.53. The second kappa shape index (κ2) is 8.61. The molecule has 5 heteroatoms. The van der Waals surface area contributed by atoms with Crippen molar-refractivity contribution in [3.8, 4) is 0 Å². The number of hydrogen-bond donors (Lipinski definition) is 1. The van der Waals surface area contributed by atoms with Crippen LogP contribution in [0.3, 0.4) is 0 Å². The molecule has 0 spiro atoms. The van der Waals surface area contributed by atoms with Gasteiger partial charge in [0.15, 0.2) is 0 Å². The van der Waals surface area contributed by atoms with E-state index in [0.29, 0.717) is 11.4 Å². The van der Waals surface area contributed by atoms with Crippen LogP contribution in [0.1, 0.15) is 21.5 Å². The SMILES string of the molecule is CN(Cc1ccc(C(=O)Nc2ccccn2)cc1)Cc1cccc(Cl)c1. The number of carbonyl (C=O) groups excluding carboxylic acids is 1. The lowest BCUT2D eigenvalue weighted by atomic mass is 10.1. The normalized spacial score (nSPS) is 10.7. The monoisotopic (exact) mass is 365 g/mol. The first-order valence-corrected chi connectivity index (χ1v) is 8.72. The van der Waals surface area contributed by atoms with Crippen LogP contribution in [-0.4, -0.2) is 22.8 Å². The summed E-state index contributed by atoms with van der Waals surface area (Å²) >= 11 is 6.03. The third-order valence-electron chi connectivity index (χ3n) is 3.92. The maximum Gasteiger partial charge on any atom is 0.256 e. The molecule has 0 aliphatic rings. The zero-order valence-electron chi connectivity index (χ0n) is 14.5. The van der Waals surface area contributed by atoms with Crippen molar-refractivity contribution in [3.05, 3.63) is 94.6 Å². The Morgan fingerprint density at radius 2 is 1.77 bits per heavy atom. The first kappa shape index (κ1) is 18.1. The van der Waals surface area contributed by atoms with Gasteiger partial charge in [-0.15, -0.1) is 0 Å².